The Labute approximate surface area is 222 Å². The van der Waals surface area contributed by atoms with Crippen molar-refractivity contribution in [3.05, 3.63) is 47.5 Å². The zero-order valence-electron chi connectivity index (χ0n) is 21.4. The fourth-order valence-corrected chi connectivity index (χ4v) is 5.16. The molecule has 3 aliphatic heterocycles. The highest BCUT2D eigenvalue weighted by Crippen LogP contribution is 2.45. The second-order valence-electron chi connectivity index (χ2n) is 9.65. The molecule has 3 aliphatic rings. The number of amides is 2. The fraction of sp³-hybridized carbons (Fsp3) is 0.481. The predicted octanol–water partition coefficient (Wildman–Crippen LogP) is 3.65. The SMILES string of the molecule is COc1ccc2c(c1)Oc1cc(OC)ccc1C2NC(=O)C1CC(OC2CCOCC2)C(C(F)(F)F)NC1=O. The summed E-state index contributed by atoms with van der Waals surface area (Å²) in [4.78, 5) is 26.3. The Balaban J connectivity index is 1.41. The maximum atomic E-state index is 13.8. The summed E-state index contributed by atoms with van der Waals surface area (Å²) in [6.45, 7) is 0.755. The number of halogens is 3. The number of hydrogen-bond donors (Lipinski definition) is 2. The van der Waals surface area contributed by atoms with Crippen LogP contribution < -0.4 is 24.8 Å². The van der Waals surface area contributed by atoms with E-state index in [2.05, 4.69) is 5.32 Å². The zero-order valence-corrected chi connectivity index (χ0v) is 21.4. The Hall–Kier alpha value is -3.51. The number of rotatable bonds is 6. The van der Waals surface area contributed by atoms with Crippen molar-refractivity contribution >= 4 is 11.8 Å². The van der Waals surface area contributed by atoms with Gasteiger partial charge >= 0.3 is 6.18 Å². The van der Waals surface area contributed by atoms with Gasteiger partial charge in [0.2, 0.25) is 11.8 Å². The minimum Gasteiger partial charge on any atom is -0.497 e. The van der Waals surface area contributed by atoms with Gasteiger partial charge in [0.05, 0.1) is 32.5 Å². The van der Waals surface area contributed by atoms with Gasteiger partial charge in [-0.05, 0) is 43.5 Å². The van der Waals surface area contributed by atoms with Crippen molar-refractivity contribution in [2.45, 2.75) is 49.7 Å². The first-order valence-corrected chi connectivity index (χ1v) is 12.6. The lowest BCUT2D eigenvalue weighted by Crippen LogP contribution is -2.62. The maximum absolute atomic E-state index is 13.8. The predicted molar refractivity (Wildman–Crippen MR) is 131 cm³/mol. The molecule has 9 nitrogen and oxygen atoms in total. The van der Waals surface area contributed by atoms with E-state index in [1.165, 1.54) is 14.2 Å². The minimum atomic E-state index is -4.73. The molecular formula is C27H29F3N2O7. The number of carbonyl (C=O) groups excluding carboxylic acids is 2. The Morgan fingerprint density at radius 1 is 1.00 bits per heavy atom. The molecule has 39 heavy (non-hydrogen) atoms. The molecule has 210 valence electrons. The van der Waals surface area contributed by atoms with Crippen molar-refractivity contribution in [2.24, 2.45) is 5.92 Å². The van der Waals surface area contributed by atoms with Crippen LogP contribution in [0.5, 0.6) is 23.0 Å². The molecule has 0 aliphatic carbocycles. The molecule has 12 heteroatoms. The Bertz CT molecular complexity index is 1180. The highest BCUT2D eigenvalue weighted by Gasteiger charge is 2.53. The molecule has 0 aromatic heterocycles. The van der Waals surface area contributed by atoms with E-state index in [1.54, 1.807) is 36.4 Å². The van der Waals surface area contributed by atoms with Gasteiger partial charge in [0.1, 0.15) is 28.9 Å². The first kappa shape index (κ1) is 27.1. The standard InChI is InChI=1S/C27H29F3N2O7/c1-35-15-3-5-17-20(11-15)39-21-12-16(36-2)4-6-18(21)23(17)31-25(33)19-13-22(38-14-7-9-37-10-8-14)24(27(28,29)30)32-26(19)34/h3-6,11-12,14,19,22-24H,7-10,13H2,1-2H3,(H,31,33)(H,32,34). The summed E-state index contributed by atoms with van der Waals surface area (Å²) in [5, 5.41) is 4.86. The smallest absolute Gasteiger partial charge is 0.411 e. The zero-order chi connectivity index (χ0) is 27.7. The molecule has 5 rings (SSSR count). The molecule has 3 atom stereocenters. The van der Waals surface area contributed by atoms with Crippen molar-refractivity contribution in [3.8, 4) is 23.0 Å². The average Bonchev–Trinajstić information content (AvgIpc) is 2.92. The molecular weight excluding hydrogens is 521 g/mol. The summed E-state index contributed by atoms with van der Waals surface area (Å²) in [5.41, 5.74) is 1.20. The van der Waals surface area contributed by atoms with Crippen LogP contribution in [0.1, 0.15) is 36.4 Å². The van der Waals surface area contributed by atoms with Crippen LogP contribution in [-0.4, -0.2) is 63.7 Å². The second kappa shape index (κ2) is 10.9. The lowest BCUT2D eigenvalue weighted by molar-refractivity contribution is -0.208. The number of ether oxygens (including phenoxy) is 5. The van der Waals surface area contributed by atoms with E-state index < -0.39 is 54.6 Å². The van der Waals surface area contributed by atoms with E-state index in [4.69, 9.17) is 23.7 Å². The third-order valence-corrected chi connectivity index (χ3v) is 7.23. The third-order valence-electron chi connectivity index (χ3n) is 7.23. The number of hydrogen-bond acceptors (Lipinski definition) is 7. The van der Waals surface area contributed by atoms with Crippen molar-refractivity contribution in [2.75, 3.05) is 27.4 Å². The minimum absolute atomic E-state index is 0.377. The van der Waals surface area contributed by atoms with Gasteiger partial charge in [-0.3, -0.25) is 9.59 Å². The van der Waals surface area contributed by atoms with Crippen molar-refractivity contribution < 1.29 is 46.4 Å². The topological polar surface area (TPSA) is 104 Å². The third kappa shape index (κ3) is 5.62. The van der Waals surface area contributed by atoms with Crippen molar-refractivity contribution in [3.63, 3.8) is 0 Å². The van der Waals surface area contributed by atoms with Gasteiger partial charge in [-0.15, -0.1) is 0 Å². The summed E-state index contributed by atoms with van der Waals surface area (Å²) >= 11 is 0. The average molecular weight is 551 g/mol. The Kier molecular flexibility index (Phi) is 7.59. The van der Waals surface area contributed by atoms with Crippen LogP contribution in [0, 0.1) is 5.92 Å². The quantitative estimate of drug-likeness (QED) is 0.530. The number of benzene rings is 2. The normalized spacial score (nSPS) is 23.6. The van der Waals surface area contributed by atoms with Crippen molar-refractivity contribution in [1.82, 2.24) is 10.6 Å². The summed E-state index contributed by atoms with van der Waals surface area (Å²) in [5.74, 6) is -1.20. The highest BCUT2D eigenvalue weighted by molar-refractivity contribution is 6.01. The lowest BCUT2D eigenvalue weighted by Gasteiger charge is -2.39. The van der Waals surface area contributed by atoms with E-state index >= 15 is 0 Å². The first-order chi connectivity index (χ1) is 18.7. The molecule has 3 heterocycles. The number of carbonyl (C=O) groups is 2. The van der Waals surface area contributed by atoms with Gasteiger partial charge in [0, 0.05) is 36.5 Å². The maximum Gasteiger partial charge on any atom is 0.411 e. The molecule has 3 unspecified atom stereocenters. The van der Waals surface area contributed by atoms with Gasteiger partial charge in [-0.2, -0.15) is 13.2 Å². The van der Waals surface area contributed by atoms with Crippen LogP contribution in [0.3, 0.4) is 0 Å². The number of fused-ring (bicyclic) bond motifs is 2. The lowest BCUT2D eigenvalue weighted by atomic mass is 9.88. The molecule has 2 N–H and O–H groups in total. The molecule has 2 fully saturated rings. The molecule has 2 aromatic rings. The summed E-state index contributed by atoms with van der Waals surface area (Å²) < 4.78 is 69.2. The van der Waals surface area contributed by atoms with Crippen molar-refractivity contribution in [1.29, 1.82) is 0 Å². The van der Waals surface area contributed by atoms with E-state index in [-0.39, 0.29) is 0 Å². The van der Waals surface area contributed by atoms with E-state index in [9.17, 15) is 22.8 Å². The summed E-state index contributed by atoms with van der Waals surface area (Å²) in [7, 11) is 3.02. The van der Waals surface area contributed by atoms with Gasteiger partial charge in [0.15, 0.2) is 6.04 Å². The number of piperidine rings is 1. The Morgan fingerprint density at radius 2 is 1.59 bits per heavy atom. The van der Waals surface area contributed by atoms with Crippen LogP contribution >= 0.6 is 0 Å². The molecule has 0 spiro atoms. The van der Waals surface area contributed by atoms with Gasteiger partial charge in [-0.25, -0.2) is 0 Å². The van der Waals surface area contributed by atoms with Crippen LogP contribution in [0.2, 0.25) is 0 Å². The largest absolute Gasteiger partial charge is 0.497 e. The molecule has 0 radical (unpaired) electrons. The molecule has 0 saturated carbocycles. The summed E-state index contributed by atoms with van der Waals surface area (Å²) in [6, 6.07) is 7.24. The summed E-state index contributed by atoms with van der Waals surface area (Å²) in [6.07, 6.45) is -6.13. The van der Waals surface area contributed by atoms with Crippen LogP contribution in [0.15, 0.2) is 36.4 Å². The van der Waals surface area contributed by atoms with E-state index in [0.29, 0.717) is 60.2 Å². The number of methoxy groups -OCH3 is 2. The van der Waals surface area contributed by atoms with Gasteiger partial charge in [0.25, 0.3) is 0 Å². The van der Waals surface area contributed by atoms with Crippen LogP contribution in [0.25, 0.3) is 0 Å². The van der Waals surface area contributed by atoms with Gasteiger partial charge in [-0.1, -0.05) is 0 Å². The van der Waals surface area contributed by atoms with Gasteiger partial charge < -0.3 is 34.3 Å². The van der Waals surface area contributed by atoms with Crippen LogP contribution in [0.4, 0.5) is 13.2 Å². The Morgan fingerprint density at radius 3 is 2.13 bits per heavy atom. The number of nitrogens with one attached hydrogen (secondary N) is 2. The number of alkyl halides is 3. The molecule has 2 saturated heterocycles. The molecule has 0 bridgehead atoms. The fourth-order valence-electron chi connectivity index (χ4n) is 5.16. The second-order valence-corrected chi connectivity index (χ2v) is 9.65. The molecule has 2 aromatic carbocycles. The highest BCUT2D eigenvalue weighted by atomic mass is 19.4. The first-order valence-electron chi connectivity index (χ1n) is 12.6. The monoisotopic (exact) mass is 550 g/mol. The van der Waals surface area contributed by atoms with E-state index in [0.717, 1.165) is 0 Å². The molecule has 2 amide bonds. The van der Waals surface area contributed by atoms with Crippen LogP contribution in [-0.2, 0) is 19.1 Å². The van der Waals surface area contributed by atoms with E-state index in [1.807, 2.05) is 5.32 Å².